The van der Waals surface area contributed by atoms with Crippen LogP contribution in [0.1, 0.15) is 33.3 Å². The molecule has 5 nitrogen and oxygen atoms in total. The number of carbonyl (C=O) groups is 2. The Morgan fingerprint density at radius 2 is 2.00 bits per heavy atom. The number of halogens is 2. The van der Waals surface area contributed by atoms with E-state index in [9.17, 15) is 14.0 Å². The third-order valence-corrected chi connectivity index (χ3v) is 4.56. The first kappa shape index (κ1) is 19.7. The molecule has 25 heavy (non-hydrogen) atoms. The topological polar surface area (TPSA) is 49.9 Å². The third-order valence-electron chi connectivity index (χ3n) is 3.95. The number of nitrogens with zero attached hydrogens (tertiary/aromatic N) is 2. The van der Waals surface area contributed by atoms with Gasteiger partial charge in [-0.2, -0.15) is 0 Å². The van der Waals surface area contributed by atoms with Crippen LogP contribution in [0.25, 0.3) is 0 Å². The largest absolute Gasteiger partial charge is 0.444 e. The fourth-order valence-electron chi connectivity index (χ4n) is 2.71. The minimum atomic E-state index is -0.542. The van der Waals surface area contributed by atoms with Crippen molar-refractivity contribution in [1.29, 1.82) is 0 Å². The molecule has 2 rings (SSSR count). The van der Waals surface area contributed by atoms with Gasteiger partial charge in [0.15, 0.2) is 0 Å². The number of hydrogen-bond acceptors (Lipinski definition) is 3. The molecule has 1 fully saturated rings. The lowest BCUT2D eigenvalue weighted by molar-refractivity contribution is -0.133. The van der Waals surface area contributed by atoms with Crippen LogP contribution >= 0.6 is 15.9 Å². The Labute approximate surface area is 156 Å². The van der Waals surface area contributed by atoms with Crippen molar-refractivity contribution in [2.75, 3.05) is 19.6 Å². The Bertz CT molecular complexity index is 660. The zero-order chi connectivity index (χ0) is 18.8. The second kappa shape index (κ2) is 7.72. The van der Waals surface area contributed by atoms with E-state index in [1.54, 1.807) is 21.9 Å². The normalized spacial score (nSPS) is 18.2. The maximum absolute atomic E-state index is 13.3. The second-order valence-corrected chi connectivity index (χ2v) is 8.14. The van der Waals surface area contributed by atoms with Gasteiger partial charge in [-0.3, -0.25) is 4.79 Å². The molecule has 7 heteroatoms. The lowest BCUT2D eigenvalue weighted by atomic mass is 10.1. The minimum absolute atomic E-state index is 0.0332. The van der Waals surface area contributed by atoms with Crippen LogP contribution in [-0.4, -0.2) is 53.1 Å². The SMILES string of the molecule is C[C@@H]1CN(C(=O)Cc2ccc(F)c(Br)c2)CCN1C(=O)OC(C)(C)C. The molecule has 1 aromatic rings. The average Bonchev–Trinajstić information content (AvgIpc) is 2.49. The monoisotopic (exact) mass is 414 g/mol. The van der Waals surface area contributed by atoms with E-state index in [-0.39, 0.29) is 30.3 Å². The van der Waals surface area contributed by atoms with E-state index >= 15 is 0 Å². The Morgan fingerprint density at radius 1 is 1.32 bits per heavy atom. The molecule has 1 aliphatic rings. The first-order valence-electron chi connectivity index (χ1n) is 8.28. The van der Waals surface area contributed by atoms with Crippen LogP contribution in [0.15, 0.2) is 22.7 Å². The highest BCUT2D eigenvalue weighted by molar-refractivity contribution is 9.10. The van der Waals surface area contributed by atoms with Crippen LogP contribution in [0.3, 0.4) is 0 Å². The van der Waals surface area contributed by atoms with Gasteiger partial charge in [0.2, 0.25) is 5.91 Å². The summed E-state index contributed by atoms with van der Waals surface area (Å²) in [6.07, 6.45) is -0.146. The number of benzene rings is 1. The minimum Gasteiger partial charge on any atom is -0.444 e. The number of carbonyl (C=O) groups excluding carboxylic acids is 2. The van der Waals surface area contributed by atoms with Crippen molar-refractivity contribution in [2.24, 2.45) is 0 Å². The number of rotatable bonds is 2. The summed E-state index contributed by atoms with van der Waals surface area (Å²) in [4.78, 5) is 28.1. The summed E-state index contributed by atoms with van der Waals surface area (Å²) >= 11 is 3.13. The second-order valence-electron chi connectivity index (χ2n) is 7.29. The molecular formula is C18H24BrFN2O3. The smallest absolute Gasteiger partial charge is 0.410 e. The van der Waals surface area contributed by atoms with E-state index in [4.69, 9.17) is 4.74 Å². The Morgan fingerprint density at radius 3 is 2.56 bits per heavy atom. The van der Waals surface area contributed by atoms with Gasteiger partial charge in [0, 0.05) is 25.7 Å². The molecule has 0 aromatic heterocycles. The number of ether oxygens (including phenoxy) is 1. The Hall–Kier alpha value is -1.63. The van der Waals surface area contributed by atoms with Gasteiger partial charge in [0.05, 0.1) is 10.9 Å². The molecule has 138 valence electrons. The fraction of sp³-hybridized carbons (Fsp3) is 0.556. The standard InChI is InChI=1S/C18H24BrFN2O3/c1-12-11-21(7-8-22(12)17(24)25-18(2,3)4)16(23)10-13-5-6-15(20)14(19)9-13/h5-6,9,12H,7-8,10-11H2,1-4H3/t12-/m1/s1. The van der Waals surface area contributed by atoms with E-state index < -0.39 is 5.60 Å². The fourth-order valence-corrected chi connectivity index (χ4v) is 3.14. The summed E-state index contributed by atoms with van der Waals surface area (Å²) in [5, 5.41) is 0. The molecule has 0 unspecified atom stereocenters. The molecule has 0 aliphatic carbocycles. The number of piperazine rings is 1. The Kier molecular flexibility index (Phi) is 6.08. The lowest BCUT2D eigenvalue weighted by Crippen LogP contribution is -2.56. The molecule has 2 amide bonds. The van der Waals surface area contributed by atoms with Gasteiger partial charge < -0.3 is 14.5 Å². The van der Waals surface area contributed by atoms with Crippen LogP contribution in [-0.2, 0) is 16.0 Å². The molecule has 1 aromatic carbocycles. The van der Waals surface area contributed by atoms with Gasteiger partial charge in [-0.15, -0.1) is 0 Å². The van der Waals surface area contributed by atoms with Crippen LogP contribution < -0.4 is 0 Å². The van der Waals surface area contributed by atoms with E-state index in [1.807, 2.05) is 27.7 Å². The molecule has 0 spiro atoms. The van der Waals surface area contributed by atoms with Crippen molar-refractivity contribution in [1.82, 2.24) is 9.80 Å². The summed E-state index contributed by atoms with van der Waals surface area (Å²) in [6.45, 7) is 8.75. The molecule has 0 saturated carbocycles. The van der Waals surface area contributed by atoms with E-state index in [2.05, 4.69) is 15.9 Å². The van der Waals surface area contributed by atoms with Crippen molar-refractivity contribution >= 4 is 27.9 Å². The van der Waals surface area contributed by atoms with E-state index in [0.29, 0.717) is 24.1 Å². The zero-order valence-corrected chi connectivity index (χ0v) is 16.6. The van der Waals surface area contributed by atoms with Crippen molar-refractivity contribution in [3.63, 3.8) is 0 Å². The molecule has 1 atom stereocenters. The first-order valence-corrected chi connectivity index (χ1v) is 9.07. The average molecular weight is 415 g/mol. The summed E-state index contributed by atoms with van der Waals surface area (Å²) in [7, 11) is 0. The molecule has 0 radical (unpaired) electrons. The summed E-state index contributed by atoms with van der Waals surface area (Å²) in [5.41, 5.74) is 0.209. The van der Waals surface area contributed by atoms with Crippen LogP contribution in [0.2, 0.25) is 0 Å². The molecule has 1 saturated heterocycles. The zero-order valence-electron chi connectivity index (χ0n) is 15.0. The van der Waals surface area contributed by atoms with Crippen LogP contribution in [0.4, 0.5) is 9.18 Å². The van der Waals surface area contributed by atoms with Gasteiger partial charge in [-0.25, -0.2) is 9.18 Å². The molecular weight excluding hydrogens is 391 g/mol. The predicted octanol–water partition coefficient (Wildman–Crippen LogP) is 3.60. The van der Waals surface area contributed by atoms with Gasteiger partial charge in [0.25, 0.3) is 0 Å². The van der Waals surface area contributed by atoms with Crippen molar-refractivity contribution < 1.29 is 18.7 Å². The van der Waals surface area contributed by atoms with Gasteiger partial charge in [0.1, 0.15) is 11.4 Å². The lowest BCUT2D eigenvalue weighted by Gasteiger charge is -2.40. The third kappa shape index (κ3) is 5.42. The maximum Gasteiger partial charge on any atom is 0.410 e. The van der Waals surface area contributed by atoms with Crippen molar-refractivity contribution in [3.8, 4) is 0 Å². The summed E-state index contributed by atoms with van der Waals surface area (Å²) in [6, 6.07) is 4.45. The molecule has 0 N–H and O–H groups in total. The van der Waals surface area contributed by atoms with Gasteiger partial charge in [-0.05, 0) is 61.3 Å². The van der Waals surface area contributed by atoms with Crippen LogP contribution in [0, 0.1) is 5.82 Å². The van der Waals surface area contributed by atoms with Crippen molar-refractivity contribution in [2.45, 2.75) is 45.8 Å². The van der Waals surface area contributed by atoms with E-state index in [0.717, 1.165) is 5.56 Å². The first-order chi connectivity index (χ1) is 11.6. The van der Waals surface area contributed by atoms with Crippen LogP contribution in [0.5, 0.6) is 0 Å². The van der Waals surface area contributed by atoms with Gasteiger partial charge in [-0.1, -0.05) is 6.07 Å². The van der Waals surface area contributed by atoms with E-state index in [1.165, 1.54) is 6.07 Å². The summed E-state index contributed by atoms with van der Waals surface area (Å²) < 4.78 is 19.0. The molecule has 1 aliphatic heterocycles. The number of hydrogen-bond donors (Lipinski definition) is 0. The van der Waals surface area contributed by atoms with Gasteiger partial charge >= 0.3 is 6.09 Å². The summed E-state index contributed by atoms with van der Waals surface area (Å²) in [5.74, 6) is -0.384. The predicted molar refractivity (Wildman–Crippen MR) is 96.8 cm³/mol. The van der Waals surface area contributed by atoms with Crippen molar-refractivity contribution in [3.05, 3.63) is 34.1 Å². The molecule has 1 heterocycles. The highest BCUT2D eigenvalue weighted by atomic mass is 79.9. The quantitative estimate of drug-likeness (QED) is 0.742. The molecule has 0 bridgehead atoms. The highest BCUT2D eigenvalue weighted by Crippen LogP contribution is 2.19. The number of amides is 2. The highest BCUT2D eigenvalue weighted by Gasteiger charge is 2.32. The maximum atomic E-state index is 13.3. The Balaban J connectivity index is 1.94.